The Balaban J connectivity index is 0.000000921. The van der Waals surface area contributed by atoms with E-state index in [9.17, 15) is 0 Å². The molecule has 0 aliphatic heterocycles. The predicted molar refractivity (Wildman–Crippen MR) is 68.5 cm³/mol. The Labute approximate surface area is 97.5 Å². The van der Waals surface area contributed by atoms with Crippen molar-refractivity contribution in [3.63, 3.8) is 0 Å². The van der Waals surface area contributed by atoms with Crippen molar-refractivity contribution in [1.82, 2.24) is 10.2 Å². The van der Waals surface area contributed by atoms with Crippen molar-refractivity contribution in [2.75, 3.05) is 0 Å². The van der Waals surface area contributed by atoms with Crippen LogP contribution in [-0.2, 0) is 0 Å². The lowest BCUT2D eigenvalue weighted by atomic mass is 9.93. The molecule has 0 unspecified atom stereocenters. The standard InChI is InChI=1S/C9H8BClN2.C2H6/c1-4-7-8(5(2)11)6(3)12-13-9(7)10;1-2/h4H,1-2H2,3H3;1-2H3. The van der Waals surface area contributed by atoms with E-state index in [1.807, 2.05) is 13.8 Å². The molecule has 0 aliphatic rings. The van der Waals surface area contributed by atoms with Gasteiger partial charge in [0.15, 0.2) is 0 Å². The number of hydrogen-bond donors (Lipinski definition) is 0. The van der Waals surface area contributed by atoms with Gasteiger partial charge in [-0.3, -0.25) is 0 Å². The molecule has 78 valence electrons. The van der Waals surface area contributed by atoms with E-state index in [1.165, 1.54) is 0 Å². The largest absolute Gasteiger partial charge is 0.167 e. The van der Waals surface area contributed by atoms with Crippen molar-refractivity contribution < 1.29 is 0 Å². The van der Waals surface area contributed by atoms with E-state index in [0.717, 1.165) is 0 Å². The average molecular weight is 221 g/mol. The smallest absolute Gasteiger partial charge is 0.145 e. The second kappa shape index (κ2) is 6.41. The first-order chi connectivity index (χ1) is 7.07. The van der Waals surface area contributed by atoms with Gasteiger partial charge >= 0.3 is 0 Å². The third-order valence-electron chi connectivity index (χ3n) is 1.69. The predicted octanol–water partition coefficient (Wildman–Crippen LogP) is 2.46. The zero-order valence-electron chi connectivity index (χ0n) is 9.34. The molecule has 2 radical (unpaired) electrons. The maximum Gasteiger partial charge on any atom is 0.145 e. The van der Waals surface area contributed by atoms with Gasteiger partial charge in [-0.1, -0.05) is 44.7 Å². The molecule has 0 N–H and O–H groups in total. The van der Waals surface area contributed by atoms with Crippen LogP contribution in [0.2, 0.25) is 0 Å². The monoisotopic (exact) mass is 220 g/mol. The zero-order valence-corrected chi connectivity index (χ0v) is 10.1. The molecule has 2 nitrogen and oxygen atoms in total. The highest BCUT2D eigenvalue weighted by Crippen LogP contribution is 2.22. The molecule has 0 amide bonds. The van der Waals surface area contributed by atoms with Gasteiger partial charge in [0, 0.05) is 16.2 Å². The lowest BCUT2D eigenvalue weighted by Gasteiger charge is -2.08. The maximum absolute atomic E-state index is 5.80. The SMILES string of the molecule is CC.[B]c1nnc(C)c(C(=C)Cl)c1C=C. The number of nitrogens with zero attached hydrogens (tertiary/aromatic N) is 2. The Hall–Kier alpha value is -1.09. The number of hydrogen-bond acceptors (Lipinski definition) is 2. The molecule has 0 saturated heterocycles. The van der Waals surface area contributed by atoms with Gasteiger partial charge in [0.25, 0.3) is 0 Å². The van der Waals surface area contributed by atoms with E-state index < -0.39 is 0 Å². The number of aromatic nitrogens is 2. The summed E-state index contributed by atoms with van der Waals surface area (Å²) in [6.45, 7) is 13.1. The van der Waals surface area contributed by atoms with Crippen LogP contribution < -0.4 is 5.59 Å². The Morgan fingerprint density at radius 3 is 2.27 bits per heavy atom. The average Bonchev–Trinajstić information content (AvgIpc) is 2.23. The van der Waals surface area contributed by atoms with Crippen LogP contribution in [0.4, 0.5) is 0 Å². The van der Waals surface area contributed by atoms with Gasteiger partial charge < -0.3 is 0 Å². The molecule has 0 aliphatic carbocycles. The highest BCUT2D eigenvalue weighted by molar-refractivity contribution is 6.49. The highest BCUT2D eigenvalue weighted by atomic mass is 35.5. The lowest BCUT2D eigenvalue weighted by molar-refractivity contribution is 0.995. The number of halogens is 1. The fourth-order valence-corrected chi connectivity index (χ4v) is 1.34. The number of aryl methyl sites for hydroxylation is 1. The van der Waals surface area contributed by atoms with Crippen LogP contribution in [0.3, 0.4) is 0 Å². The van der Waals surface area contributed by atoms with Gasteiger partial charge in [-0.15, -0.1) is 0 Å². The summed E-state index contributed by atoms with van der Waals surface area (Å²) in [6, 6.07) is 0. The second-order valence-electron chi connectivity index (χ2n) is 2.57. The quantitative estimate of drug-likeness (QED) is 0.716. The van der Waals surface area contributed by atoms with Crippen LogP contribution >= 0.6 is 11.6 Å². The lowest BCUT2D eigenvalue weighted by Crippen LogP contribution is -2.17. The highest BCUT2D eigenvalue weighted by Gasteiger charge is 2.09. The summed E-state index contributed by atoms with van der Waals surface area (Å²) >= 11 is 5.80. The summed E-state index contributed by atoms with van der Waals surface area (Å²) in [6.07, 6.45) is 1.60. The Bertz CT molecular complexity index is 375. The van der Waals surface area contributed by atoms with Crippen molar-refractivity contribution in [3.05, 3.63) is 30.0 Å². The van der Waals surface area contributed by atoms with Gasteiger partial charge in [-0.05, 0) is 12.5 Å². The maximum atomic E-state index is 5.80. The van der Waals surface area contributed by atoms with Crippen LogP contribution in [-0.4, -0.2) is 18.0 Å². The van der Waals surface area contributed by atoms with E-state index in [2.05, 4.69) is 23.4 Å². The zero-order chi connectivity index (χ0) is 12.0. The topological polar surface area (TPSA) is 25.8 Å². The third-order valence-corrected chi connectivity index (χ3v) is 1.88. The molecule has 1 rings (SSSR count). The molecule has 0 fully saturated rings. The van der Waals surface area contributed by atoms with Crippen molar-refractivity contribution in [3.8, 4) is 0 Å². The van der Waals surface area contributed by atoms with Gasteiger partial charge in [-0.25, -0.2) is 0 Å². The van der Waals surface area contributed by atoms with Crippen LogP contribution in [0, 0.1) is 6.92 Å². The van der Waals surface area contributed by atoms with Crippen molar-refractivity contribution in [1.29, 1.82) is 0 Å². The van der Waals surface area contributed by atoms with Gasteiger partial charge in [0.05, 0.1) is 5.69 Å². The summed E-state index contributed by atoms with van der Waals surface area (Å²) in [5.74, 6) is 0. The Kier molecular flexibility index (Phi) is 5.94. The van der Waals surface area contributed by atoms with E-state index in [4.69, 9.17) is 19.4 Å². The molecule has 1 aromatic rings. The van der Waals surface area contributed by atoms with Gasteiger partial charge in [0.1, 0.15) is 7.85 Å². The van der Waals surface area contributed by atoms with Crippen molar-refractivity contribution >= 4 is 36.1 Å². The van der Waals surface area contributed by atoms with E-state index in [-0.39, 0.29) is 0 Å². The molecule has 0 atom stereocenters. The summed E-state index contributed by atoms with van der Waals surface area (Å²) < 4.78 is 0. The summed E-state index contributed by atoms with van der Waals surface area (Å²) in [5, 5.41) is 7.99. The fourth-order valence-electron chi connectivity index (χ4n) is 1.10. The second-order valence-corrected chi connectivity index (χ2v) is 3.02. The normalized spacial score (nSPS) is 8.80. The molecule has 0 bridgehead atoms. The van der Waals surface area contributed by atoms with Crippen LogP contribution in [0.15, 0.2) is 13.2 Å². The molecular formula is C11H14BClN2. The van der Waals surface area contributed by atoms with Crippen LogP contribution in [0.5, 0.6) is 0 Å². The van der Waals surface area contributed by atoms with E-state index in [0.29, 0.717) is 27.4 Å². The molecule has 4 heteroatoms. The molecule has 1 heterocycles. The minimum atomic E-state index is 0.317. The molecular weight excluding hydrogens is 206 g/mol. The van der Waals surface area contributed by atoms with Crippen molar-refractivity contribution in [2.24, 2.45) is 0 Å². The molecule has 0 aromatic carbocycles. The summed E-state index contributed by atoms with van der Waals surface area (Å²) in [5.41, 5.74) is 2.41. The van der Waals surface area contributed by atoms with E-state index in [1.54, 1.807) is 13.0 Å². The summed E-state index contributed by atoms with van der Waals surface area (Å²) in [4.78, 5) is 0. The third kappa shape index (κ3) is 3.20. The van der Waals surface area contributed by atoms with Gasteiger partial charge in [-0.2, -0.15) is 10.2 Å². The minimum absolute atomic E-state index is 0.317. The minimum Gasteiger partial charge on any atom is -0.167 e. The van der Waals surface area contributed by atoms with Crippen molar-refractivity contribution in [2.45, 2.75) is 20.8 Å². The molecule has 0 saturated carbocycles. The molecule has 15 heavy (non-hydrogen) atoms. The fraction of sp³-hybridized carbons (Fsp3) is 0.273. The van der Waals surface area contributed by atoms with Crippen LogP contribution in [0.25, 0.3) is 11.1 Å². The first-order valence-electron chi connectivity index (χ1n) is 4.68. The van der Waals surface area contributed by atoms with Crippen LogP contribution in [0.1, 0.15) is 30.7 Å². The Morgan fingerprint density at radius 1 is 1.40 bits per heavy atom. The summed E-state index contributed by atoms with van der Waals surface area (Å²) in [7, 11) is 5.59. The first kappa shape index (κ1) is 13.9. The first-order valence-corrected chi connectivity index (χ1v) is 5.05. The number of rotatable bonds is 2. The molecule has 0 spiro atoms. The van der Waals surface area contributed by atoms with Gasteiger partial charge in [0.2, 0.25) is 0 Å². The van der Waals surface area contributed by atoms with E-state index >= 15 is 0 Å². The molecule has 1 aromatic heterocycles. The Morgan fingerprint density at radius 2 is 1.93 bits per heavy atom.